The van der Waals surface area contributed by atoms with Crippen molar-refractivity contribution in [3.63, 3.8) is 0 Å². The zero-order chi connectivity index (χ0) is 13.3. The minimum Gasteiger partial charge on any atom is -0.342 e. The van der Waals surface area contributed by atoms with Crippen LogP contribution in [-0.4, -0.2) is 46.5 Å². The number of nitrogens with one attached hydrogen (secondary N) is 1. The Balaban J connectivity index is 2.34. The van der Waals surface area contributed by atoms with Gasteiger partial charge >= 0.3 is 0 Å². The van der Waals surface area contributed by atoms with E-state index in [1.807, 2.05) is 25.8 Å². The molecule has 1 aromatic heterocycles. The van der Waals surface area contributed by atoms with Gasteiger partial charge in [0.1, 0.15) is 5.54 Å². The average Bonchev–Trinajstić information content (AvgIpc) is 2.36. The molecular weight excluding hydrogens is 232 g/mol. The summed E-state index contributed by atoms with van der Waals surface area (Å²) in [6.07, 6.45) is 3.18. The minimum atomic E-state index is -0.630. The molecule has 0 unspecified atom stereocenters. The average molecular weight is 250 g/mol. The highest BCUT2D eigenvalue weighted by atomic mass is 16.2. The van der Waals surface area contributed by atoms with Crippen molar-refractivity contribution in [3.05, 3.63) is 12.4 Å². The molecule has 2 heterocycles. The molecule has 1 aliphatic heterocycles. The number of hydrazine groups is 1. The summed E-state index contributed by atoms with van der Waals surface area (Å²) >= 11 is 0. The van der Waals surface area contributed by atoms with Crippen LogP contribution in [0.25, 0.3) is 0 Å². The molecule has 0 radical (unpaired) electrons. The van der Waals surface area contributed by atoms with Crippen LogP contribution in [0.4, 0.5) is 11.6 Å². The smallest absolute Gasteiger partial charge is 0.247 e. The summed E-state index contributed by atoms with van der Waals surface area (Å²) in [5, 5.41) is 0. The molecule has 0 bridgehead atoms. The fraction of sp³-hybridized carbons (Fsp3) is 0.545. The van der Waals surface area contributed by atoms with E-state index < -0.39 is 5.54 Å². The number of hydrogen-bond acceptors (Lipinski definition) is 6. The van der Waals surface area contributed by atoms with E-state index >= 15 is 0 Å². The van der Waals surface area contributed by atoms with Gasteiger partial charge in [-0.05, 0) is 13.8 Å². The first kappa shape index (κ1) is 12.6. The Morgan fingerprint density at radius 1 is 1.39 bits per heavy atom. The Bertz CT molecular complexity index is 461. The molecule has 98 valence electrons. The van der Waals surface area contributed by atoms with E-state index in [4.69, 9.17) is 5.84 Å². The summed E-state index contributed by atoms with van der Waals surface area (Å²) in [6, 6.07) is 0. The highest BCUT2D eigenvalue weighted by Crippen LogP contribution is 2.27. The number of nitrogen functional groups attached to an aromatic ring is 1. The van der Waals surface area contributed by atoms with Gasteiger partial charge in [-0.3, -0.25) is 9.78 Å². The van der Waals surface area contributed by atoms with Crippen LogP contribution in [-0.2, 0) is 4.79 Å². The Morgan fingerprint density at radius 2 is 2.11 bits per heavy atom. The second-order valence-corrected chi connectivity index (χ2v) is 4.84. The number of anilines is 2. The molecule has 7 heteroatoms. The fourth-order valence-corrected chi connectivity index (χ4v) is 2.17. The number of nitrogens with two attached hydrogens (primary N) is 1. The quantitative estimate of drug-likeness (QED) is 0.559. The van der Waals surface area contributed by atoms with Gasteiger partial charge in [-0.2, -0.15) is 0 Å². The second kappa shape index (κ2) is 4.41. The first-order valence-corrected chi connectivity index (χ1v) is 5.78. The summed E-state index contributed by atoms with van der Waals surface area (Å²) in [5.41, 5.74) is 1.83. The van der Waals surface area contributed by atoms with E-state index in [0.717, 1.165) is 6.54 Å². The lowest BCUT2D eigenvalue weighted by Gasteiger charge is -2.45. The Morgan fingerprint density at radius 3 is 2.78 bits per heavy atom. The van der Waals surface area contributed by atoms with Crippen molar-refractivity contribution >= 4 is 17.5 Å². The second-order valence-electron chi connectivity index (χ2n) is 4.84. The van der Waals surface area contributed by atoms with Gasteiger partial charge in [0.15, 0.2) is 11.6 Å². The van der Waals surface area contributed by atoms with Crippen LogP contribution < -0.4 is 16.2 Å². The van der Waals surface area contributed by atoms with Crippen molar-refractivity contribution in [2.24, 2.45) is 5.84 Å². The lowest BCUT2D eigenvalue weighted by Crippen LogP contribution is -2.62. The van der Waals surface area contributed by atoms with Crippen LogP contribution in [0.3, 0.4) is 0 Å². The molecular formula is C11H18N6O. The van der Waals surface area contributed by atoms with Gasteiger partial charge < -0.3 is 15.2 Å². The molecule has 18 heavy (non-hydrogen) atoms. The minimum absolute atomic E-state index is 0.0710. The largest absolute Gasteiger partial charge is 0.342 e. The van der Waals surface area contributed by atoms with E-state index in [0.29, 0.717) is 18.2 Å². The van der Waals surface area contributed by atoms with Gasteiger partial charge in [-0.1, -0.05) is 0 Å². The molecule has 3 N–H and O–H groups in total. The van der Waals surface area contributed by atoms with Crippen LogP contribution in [0, 0.1) is 0 Å². The van der Waals surface area contributed by atoms with Gasteiger partial charge in [0.05, 0.1) is 12.4 Å². The number of hydrogen-bond donors (Lipinski definition) is 2. The van der Waals surface area contributed by atoms with Gasteiger partial charge in [0.25, 0.3) is 0 Å². The van der Waals surface area contributed by atoms with Crippen LogP contribution >= 0.6 is 0 Å². The highest BCUT2D eigenvalue weighted by molar-refractivity contribution is 5.90. The third kappa shape index (κ3) is 1.97. The maximum atomic E-state index is 12.2. The van der Waals surface area contributed by atoms with Gasteiger partial charge in [0, 0.05) is 20.1 Å². The van der Waals surface area contributed by atoms with E-state index in [1.54, 1.807) is 11.1 Å². The molecule has 1 fully saturated rings. The van der Waals surface area contributed by atoms with E-state index in [1.165, 1.54) is 6.20 Å². The van der Waals surface area contributed by atoms with Crippen molar-refractivity contribution in [2.45, 2.75) is 19.4 Å². The van der Waals surface area contributed by atoms with Gasteiger partial charge in [-0.25, -0.2) is 10.8 Å². The normalized spacial score (nSPS) is 19.0. The first-order valence-electron chi connectivity index (χ1n) is 5.78. The van der Waals surface area contributed by atoms with Gasteiger partial charge in [-0.15, -0.1) is 0 Å². The van der Waals surface area contributed by atoms with E-state index in [9.17, 15) is 4.79 Å². The summed E-state index contributed by atoms with van der Waals surface area (Å²) in [7, 11) is 1.81. The monoisotopic (exact) mass is 250 g/mol. The Hall–Kier alpha value is -1.89. The summed E-state index contributed by atoms with van der Waals surface area (Å²) in [6.45, 7) is 5.16. The standard InChI is InChI=1S/C11H18N6O/c1-11(2)10(18)16(3)4-5-17(11)9-7-13-6-8(14-9)15-12/h6-7H,4-5,12H2,1-3H3,(H,14,15). The Labute approximate surface area is 106 Å². The molecule has 2 rings (SSSR count). The van der Waals surface area contributed by atoms with Crippen molar-refractivity contribution in [3.8, 4) is 0 Å². The van der Waals surface area contributed by atoms with E-state index in [2.05, 4.69) is 15.4 Å². The number of aromatic nitrogens is 2. The zero-order valence-electron chi connectivity index (χ0n) is 10.8. The number of rotatable bonds is 2. The maximum absolute atomic E-state index is 12.2. The summed E-state index contributed by atoms with van der Waals surface area (Å²) < 4.78 is 0. The molecule has 0 aliphatic carbocycles. The van der Waals surface area contributed by atoms with Crippen LogP contribution in [0.15, 0.2) is 12.4 Å². The molecule has 7 nitrogen and oxygen atoms in total. The molecule has 1 aromatic rings. The third-order valence-corrected chi connectivity index (χ3v) is 3.25. The summed E-state index contributed by atoms with van der Waals surface area (Å²) in [5.74, 6) is 6.52. The zero-order valence-corrected chi connectivity index (χ0v) is 10.8. The predicted molar refractivity (Wildman–Crippen MR) is 68.9 cm³/mol. The fourth-order valence-electron chi connectivity index (χ4n) is 2.17. The molecule has 1 saturated heterocycles. The number of piperazine rings is 1. The summed E-state index contributed by atoms with van der Waals surface area (Å²) in [4.78, 5) is 24.3. The third-order valence-electron chi connectivity index (χ3n) is 3.25. The Kier molecular flexibility index (Phi) is 3.08. The number of carbonyl (C=O) groups is 1. The number of likely N-dealkylation sites (N-methyl/N-ethyl adjacent to an activating group) is 1. The number of carbonyl (C=O) groups excluding carboxylic acids is 1. The predicted octanol–water partition coefficient (Wildman–Crippen LogP) is -0.181. The molecule has 0 saturated carbocycles. The van der Waals surface area contributed by atoms with Crippen molar-refractivity contribution in [1.29, 1.82) is 0 Å². The lowest BCUT2D eigenvalue weighted by molar-refractivity contribution is -0.136. The molecule has 1 aliphatic rings. The topological polar surface area (TPSA) is 87.4 Å². The first-order chi connectivity index (χ1) is 8.46. The van der Waals surface area contributed by atoms with Crippen LogP contribution in [0.5, 0.6) is 0 Å². The van der Waals surface area contributed by atoms with E-state index in [-0.39, 0.29) is 5.91 Å². The van der Waals surface area contributed by atoms with Gasteiger partial charge in [0.2, 0.25) is 5.91 Å². The molecule has 0 atom stereocenters. The lowest BCUT2D eigenvalue weighted by atomic mass is 9.98. The molecule has 0 spiro atoms. The van der Waals surface area contributed by atoms with Crippen LogP contribution in [0.1, 0.15) is 13.8 Å². The molecule has 0 aromatic carbocycles. The number of nitrogens with zero attached hydrogens (tertiary/aromatic N) is 4. The maximum Gasteiger partial charge on any atom is 0.247 e. The molecule has 1 amide bonds. The van der Waals surface area contributed by atoms with Crippen molar-refractivity contribution in [1.82, 2.24) is 14.9 Å². The van der Waals surface area contributed by atoms with Crippen molar-refractivity contribution < 1.29 is 4.79 Å². The van der Waals surface area contributed by atoms with Crippen LogP contribution in [0.2, 0.25) is 0 Å². The number of amides is 1. The highest BCUT2D eigenvalue weighted by Gasteiger charge is 2.41. The van der Waals surface area contributed by atoms with Crippen molar-refractivity contribution in [2.75, 3.05) is 30.5 Å². The SMILES string of the molecule is CN1CCN(c2cncc(NN)n2)C(C)(C)C1=O.